The molecule has 0 unspecified atom stereocenters. The van der Waals surface area contributed by atoms with Gasteiger partial charge in [-0.1, -0.05) is 6.07 Å². The van der Waals surface area contributed by atoms with Gasteiger partial charge in [0.2, 0.25) is 0 Å². The Morgan fingerprint density at radius 2 is 2.22 bits per heavy atom. The molecule has 0 aromatic heterocycles. The first-order chi connectivity index (χ1) is 8.65. The number of carbonyl (C=O) groups excluding carboxylic acids is 1. The van der Waals surface area contributed by atoms with Crippen LogP contribution in [0.3, 0.4) is 0 Å². The van der Waals surface area contributed by atoms with Gasteiger partial charge in [0.05, 0.1) is 6.61 Å². The highest BCUT2D eigenvalue weighted by molar-refractivity contribution is 7.99. The molecule has 0 radical (unpaired) electrons. The minimum Gasteiger partial charge on any atom is -0.384 e. The number of halogens is 1. The lowest BCUT2D eigenvalue weighted by Gasteiger charge is -2.14. The van der Waals surface area contributed by atoms with Crippen molar-refractivity contribution < 1.29 is 9.53 Å². The van der Waals surface area contributed by atoms with Gasteiger partial charge in [0, 0.05) is 23.3 Å². The molecule has 1 aromatic carbocycles. The maximum absolute atomic E-state index is 11.4. The zero-order valence-electron chi connectivity index (χ0n) is 10.7. The molecule has 1 aromatic rings. The first-order valence-electron chi connectivity index (χ1n) is 6.10. The Kier molecular flexibility index (Phi) is 4.71. The van der Waals surface area contributed by atoms with E-state index in [4.69, 9.17) is 16.3 Å². The number of carbonyl (C=O) groups is 1. The van der Waals surface area contributed by atoms with Gasteiger partial charge in [-0.05, 0) is 54.5 Å². The molecule has 0 saturated heterocycles. The topological polar surface area (TPSA) is 26.3 Å². The van der Waals surface area contributed by atoms with Crippen molar-refractivity contribution in [3.8, 4) is 0 Å². The first-order valence-corrected chi connectivity index (χ1v) is 7.46. The third kappa shape index (κ3) is 3.08. The van der Waals surface area contributed by atoms with Gasteiger partial charge in [-0.3, -0.25) is 4.79 Å². The van der Waals surface area contributed by atoms with Crippen LogP contribution in [0.25, 0.3) is 0 Å². The molecule has 2 nitrogen and oxygen atoms in total. The van der Waals surface area contributed by atoms with Crippen LogP contribution in [0.2, 0.25) is 0 Å². The van der Waals surface area contributed by atoms with E-state index in [-0.39, 0.29) is 5.24 Å². The molecule has 0 bridgehead atoms. The quantitative estimate of drug-likeness (QED) is 0.449. The van der Waals surface area contributed by atoms with E-state index < -0.39 is 0 Å². The Bertz CT molecular complexity index is 455. The normalized spacial score (nSPS) is 14.8. The molecule has 0 N–H and O–H groups in total. The number of rotatable bonds is 6. The lowest BCUT2D eigenvalue weighted by Crippen LogP contribution is -2.00. The highest BCUT2D eigenvalue weighted by Gasteiger charge is 2.28. The van der Waals surface area contributed by atoms with E-state index in [1.165, 1.54) is 23.3 Å². The summed E-state index contributed by atoms with van der Waals surface area (Å²) < 4.78 is 5.08. The van der Waals surface area contributed by atoms with E-state index in [1.54, 1.807) is 18.9 Å². The van der Waals surface area contributed by atoms with Crippen molar-refractivity contribution in [3.63, 3.8) is 0 Å². The molecule has 1 aliphatic carbocycles. The van der Waals surface area contributed by atoms with E-state index >= 15 is 0 Å². The molecule has 0 spiro atoms. The van der Waals surface area contributed by atoms with Crippen molar-refractivity contribution >= 4 is 28.6 Å². The molecule has 4 heteroatoms. The summed E-state index contributed by atoms with van der Waals surface area (Å²) in [4.78, 5) is 12.6. The van der Waals surface area contributed by atoms with Gasteiger partial charge >= 0.3 is 0 Å². The van der Waals surface area contributed by atoms with Crippen LogP contribution >= 0.6 is 23.4 Å². The summed E-state index contributed by atoms with van der Waals surface area (Å²) in [6.45, 7) is 2.70. The molecule has 18 heavy (non-hydrogen) atoms. The molecule has 0 heterocycles. The summed E-state index contributed by atoms with van der Waals surface area (Å²) in [6.07, 6.45) is 2.51. The van der Waals surface area contributed by atoms with Crippen molar-refractivity contribution in [2.75, 3.05) is 19.5 Å². The Morgan fingerprint density at radius 3 is 2.78 bits per heavy atom. The maximum Gasteiger partial charge on any atom is 0.252 e. The Balaban J connectivity index is 2.30. The van der Waals surface area contributed by atoms with Crippen LogP contribution in [-0.2, 0) is 4.74 Å². The lowest BCUT2D eigenvalue weighted by molar-refractivity contribution is 0.108. The van der Waals surface area contributed by atoms with E-state index in [0.29, 0.717) is 18.1 Å². The summed E-state index contributed by atoms with van der Waals surface area (Å²) >= 11 is 7.38. The fourth-order valence-corrected chi connectivity index (χ4v) is 3.45. The van der Waals surface area contributed by atoms with Crippen LogP contribution in [0.15, 0.2) is 17.0 Å². The monoisotopic (exact) mass is 284 g/mol. The van der Waals surface area contributed by atoms with Gasteiger partial charge < -0.3 is 4.74 Å². The third-order valence-electron chi connectivity index (χ3n) is 3.20. The number of methoxy groups -OCH3 is 1. The average Bonchev–Trinajstić information content (AvgIpc) is 3.14. The predicted octanol–water partition coefficient (Wildman–Crippen LogP) is 3.99. The van der Waals surface area contributed by atoms with Gasteiger partial charge in [0.1, 0.15) is 0 Å². The Morgan fingerprint density at radius 1 is 1.50 bits per heavy atom. The zero-order chi connectivity index (χ0) is 13.1. The van der Waals surface area contributed by atoms with Crippen LogP contribution in [0.1, 0.15) is 40.2 Å². The summed E-state index contributed by atoms with van der Waals surface area (Å²) in [5.41, 5.74) is 3.01. The van der Waals surface area contributed by atoms with Crippen LogP contribution in [0.5, 0.6) is 0 Å². The standard InChI is InChI=1S/C14H17ClO2S/c1-9-11(14(15)16)5-6-12(10-3-4-10)13(9)18-8-7-17-2/h5-6,10H,3-4,7-8H2,1-2H3. The summed E-state index contributed by atoms with van der Waals surface area (Å²) in [5.74, 6) is 1.57. The zero-order valence-corrected chi connectivity index (χ0v) is 12.2. The highest BCUT2D eigenvalue weighted by Crippen LogP contribution is 2.45. The number of hydrogen-bond acceptors (Lipinski definition) is 3. The van der Waals surface area contributed by atoms with Gasteiger partial charge in [-0.25, -0.2) is 0 Å². The Hall–Kier alpha value is -0.510. The maximum atomic E-state index is 11.4. The van der Waals surface area contributed by atoms with E-state index in [0.717, 1.165) is 11.3 Å². The van der Waals surface area contributed by atoms with Crippen LogP contribution in [0, 0.1) is 6.92 Å². The second kappa shape index (κ2) is 6.09. The molecule has 2 rings (SSSR count). The third-order valence-corrected chi connectivity index (χ3v) is 4.60. The number of hydrogen-bond donors (Lipinski definition) is 0. The fourth-order valence-electron chi connectivity index (χ4n) is 2.06. The van der Waals surface area contributed by atoms with Crippen molar-refractivity contribution in [2.45, 2.75) is 30.6 Å². The van der Waals surface area contributed by atoms with Crippen molar-refractivity contribution in [3.05, 3.63) is 28.8 Å². The van der Waals surface area contributed by atoms with Crippen molar-refractivity contribution in [1.29, 1.82) is 0 Å². The minimum absolute atomic E-state index is 0.372. The van der Waals surface area contributed by atoms with E-state index in [2.05, 4.69) is 6.07 Å². The summed E-state index contributed by atoms with van der Waals surface area (Å²) in [5, 5.41) is -0.372. The fraction of sp³-hybridized carbons (Fsp3) is 0.500. The van der Waals surface area contributed by atoms with E-state index in [1.807, 2.05) is 13.0 Å². The SMILES string of the molecule is COCCSc1c(C2CC2)ccc(C(=O)Cl)c1C. The van der Waals surface area contributed by atoms with Gasteiger partial charge in [-0.15, -0.1) is 11.8 Å². The second-order valence-corrected chi connectivity index (χ2v) is 5.99. The minimum atomic E-state index is -0.372. The van der Waals surface area contributed by atoms with Gasteiger partial charge in [0.25, 0.3) is 5.24 Å². The van der Waals surface area contributed by atoms with Crippen LogP contribution in [0.4, 0.5) is 0 Å². The molecular formula is C14H17ClO2S. The molecule has 1 fully saturated rings. The summed E-state index contributed by atoms with van der Waals surface area (Å²) in [6, 6.07) is 3.92. The van der Waals surface area contributed by atoms with Gasteiger partial charge in [-0.2, -0.15) is 0 Å². The number of benzene rings is 1. The predicted molar refractivity (Wildman–Crippen MR) is 75.9 cm³/mol. The van der Waals surface area contributed by atoms with Crippen LogP contribution in [-0.4, -0.2) is 24.7 Å². The molecule has 1 saturated carbocycles. The number of ether oxygens (including phenoxy) is 1. The molecule has 0 aliphatic heterocycles. The second-order valence-electron chi connectivity index (χ2n) is 4.55. The first kappa shape index (κ1) is 13.9. The summed E-state index contributed by atoms with van der Waals surface area (Å²) in [7, 11) is 1.70. The molecule has 0 amide bonds. The molecule has 1 aliphatic rings. The molecule has 98 valence electrons. The van der Waals surface area contributed by atoms with Crippen LogP contribution < -0.4 is 0 Å². The van der Waals surface area contributed by atoms with Crippen molar-refractivity contribution in [1.82, 2.24) is 0 Å². The Labute approximate surface area is 117 Å². The molecular weight excluding hydrogens is 268 g/mol. The van der Waals surface area contributed by atoms with Gasteiger partial charge in [0.15, 0.2) is 0 Å². The van der Waals surface area contributed by atoms with Crippen molar-refractivity contribution in [2.24, 2.45) is 0 Å². The average molecular weight is 285 g/mol. The number of thioether (sulfide) groups is 1. The highest BCUT2D eigenvalue weighted by atomic mass is 35.5. The van der Waals surface area contributed by atoms with E-state index in [9.17, 15) is 4.79 Å². The lowest BCUT2D eigenvalue weighted by atomic mass is 10.0. The smallest absolute Gasteiger partial charge is 0.252 e. The largest absolute Gasteiger partial charge is 0.384 e. The molecule has 0 atom stereocenters.